The molecule has 102 valence electrons. The van der Waals surface area contributed by atoms with Crippen molar-refractivity contribution in [3.05, 3.63) is 69.7 Å². The summed E-state index contributed by atoms with van der Waals surface area (Å²) in [4.78, 5) is 11.7. The smallest absolute Gasteiger partial charge is 0.336 e. The largest absolute Gasteiger partial charge is 0.423 e. The van der Waals surface area contributed by atoms with Gasteiger partial charge in [-0.05, 0) is 42.3 Å². The van der Waals surface area contributed by atoms with Gasteiger partial charge in [0, 0.05) is 6.08 Å². The van der Waals surface area contributed by atoms with Gasteiger partial charge in [0.1, 0.15) is 5.75 Å². The quantitative estimate of drug-likeness (QED) is 0.457. The molecule has 20 heavy (non-hydrogen) atoms. The Hall–Kier alpha value is -1.77. The summed E-state index contributed by atoms with van der Waals surface area (Å²) in [6.45, 7) is 1.88. The molecule has 0 atom stereocenters. The van der Waals surface area contributed by atoms with Gasteiger partial charge in [-0.1, -0.05) is 47.5 Å². The highest BCUT2D eigenvalue weighted by atomic mass is 35.5. The first kappa shape index (κ1) is 14.6. The number of carbonyl (C=O) groups excluding carboxylic acids is 1. The van der Waals surface area contributed by atoms with Crippen molar-refractivity contribution in [2.45, 2.75) is 6.92 Å². The van der Waals surface area contributed by atoms with Crippen molar-refractivity contribution in [2.75, 3.05) is 0 Å². The number of ether oxygens (including phenoxy) is 1. The minimum atomic E-state index is -0.439. The fraction of sp³-hybridized carbons (Fsp3) is 0.0625. The molecule has 2 aromatic carbocycles. The van der Waals surface area contributed by atoms with Crippen LogP contribution in [0.1, 0.15) is 11.1 Å². The maximum atomic E-state index is 11.7. The van der Waals surface area contributed by atoms with Crippen LogP contribution in [0.15, 0.2) is 48.5 Å². The van der Waals surface area contributed by atoms with Crippen LogP contribution in [0.2, 0.25) is 10.0 Å². The lowest BCUT2D eigenvalue weighted by molar-refractivity contribution is -0.128. The maximum Gasteiger partial charge on any atom is 0.336 e. The van der Waals surface area contributed by atoms with Crippen LogP contribution < -0.4 is 4.74 Å². The van der Waals surface area contributed by atoms with Gasteiger partial charge in [-0.25, -0.2) is 4.79 Å². The highest BCUT2D eigenvalue weighted by molar-refractivity contribution is 6.42. The number of aryl methyl sites for hydroxylation is 1. The Balaban J connectivity index is 2.06. The van der Waals surface area contributed by atoms with Crippen molar-refractivity contribution in [2.24, 2.45) is 0 Å². The molecular weight excluding hydrogens is 295 g/mol. The zero-order valence-electron chi connectivity index (χ0n) is 10.8. The molecule has 0 spiro atoms. The second-order valence-electron chi connectivity index (χ2n) is 4.19. The van der Waals surface area contributed by atoms with Gasteiger partial charge in [0.05, 0.1) is 10.0 Å². The molecule has 2 rings (SSSR count). The van der Waals surface area contributed by atoms with Gasteiger partial charge in [-0.2, -0.15) is 0 Å². The molecule has 0 heterocycles. The Morgan fingerprint density at radius 1 is 1.10 bits per heavy atom. The summed E-state index contributed by atoms with van der Waals surface area (Å²) in [7, 11) is 0. The summed E-state index contributed by atoms with van der Waals surface area (Å²) in [5, 5.41) is 0.924. The Bertz CT molecular complexity index is 663. The van der Waals surface area contributed by atoms with Gasteiger partial charge < -0.3 is 4.74 Å². The van der Waals surface area contributed by atoms with Crippen LogP contribution in [0.4, 0.5) is 0 Å². The molecule has 0 aromatic heterocycles. The number of esters is 1. The third-order valence-corrected chi connectivity index (χ3v) is 3.40. The molecule has 0 radical (unpaired) electrons. The summed E-state index contributed by atoms with van der Waals surface area (Å²) in [6, 6.07) is 12.5. The van der Waals surface area contributed by atoms with E-state index in [2.05, 4.69) is 0 Å². The second kappa shape index (κ2) is 6.60. The lowest BCUT2D eigenvalue weighted by atomic mass is 10.2. The van der Waals surface area contributed by atoms with Crippen LogP contribution in [0.25, 0.3) is 6.08 Å². The van der Waals surface area contributed by atoms with Crippen molar-refractivity contribution < 1.29 is 9.53 Å². The predicted molar refractivity (Wildman–Crippen MR) is 82.3 cm³/mol. The monoisotopic (exact) mass is 306 g/mol. The standard InChI is InChI=1S/C16H12Cl2O2/c1-11-4-2-3-5-15(11)20-16(19)9-7-12-6-8-13(17)14(18)10-12/h2-10H,1H3/b9-7+. The number of benzene rings is 2. The molecule has 0 fully saturated rings. The van der Waals surface area contributed by atoms with E-state index < -0.39 is 5.97 Å². The minimum Gasteiger partial charge on any atom is -0.423 e. The Kier molecular flexibility index (Phi) is 4.83. The van der Waals surface area contributed by atoms with Crippen LogP contribution in [0.5, 0.6) is 5.75 Å². The van der Waals surface area contributed by atoms with E-state index in [1.54, 1.807) is 30.3 Å². The first-order chi connectivity index (χ1) is 9.56. The molecule has 0 N–H and O–H groups in total. The summed E-state index contributed by atoms with van der Waals surface area (Å²) in [5.41, 5.74) is 1.69. The van der Waals surface area contributed by atoms with Crippen molar-refractivity contribution in [1.82, 2.24) is 0 Å². The van der Waals surface area contributed by atoms with Crippen LogP contribution >= 0.6 is 23.2 Å². The van der Waals surface area contributed by atoms with E-state index in [-0.39, 0.29) is 0 Å². The molecule has 0 unspecified atom stereocenters. The van der Waals surface area contributed by atoms with E-state index in [9.17, 15) is 4.79 Å². The maximum absolute atomic E-state index is 11.7. The number of hydrogen-bond donors (Lipinski definition) is 0. The van der Waals surface area contributed by atoms with Crippen LogP contribution in [0.3, 0.4) is 0 Å². The molecule has 0 amide bonds. The second-order valence-corrected chi connectivity index (χ2v) is 5.01. The van der Waals surface area contributed by atoms with E-state index in [1.165, 1.54) is 6.08 Å². The molecule has 0 bridgehead atoms. The topological polar surface area (TPSA) is 26.3 Å². The molecule has 0 aliphatic carbocycles. The van der Waals surface area contributed by atoms with Crippen molar-refractivity contribution >= 4 is 35.2 Å². The zero-order valence-corrected chi connectivity index (χ0v) is 12.3. The van der Waals surface area contributed by atoms with Crippen molar-refractivity contribution in [3.63, 3.8) is 0 Å². The van der Waals surface area contributed by atoms with E-state index in [0.29, 0.717) is 15.8 Å². The Labute approximate surface area is 127 Å². The van der Waals surface area contributed by atoms with E-state index in [0.717, 1.165) is 11.1 Å². The van der Waals surface area contributed by atoms with Crippen LogP contribution in [0, 0.1) is 6.92 Å². The fourth-order valence-electron chi connectivity index (χ4n) is 1.59. The van der Waals surface area contributed by atoms with Crippen molar-refractivity contribution in [3.8, 4) is 5.75 Å². The normalized spacial score (nSPS) is 10.8. The Morgan fingerprint density at radius 3 is 2.55 bits per heavy atom. The number of hydrogen-bond acceptors (Lipinski definition) is 2. The summed E-state index contributed by atoms with van der Waals surface area (Å²) in [5.74, 6) is 0.113. The van der Waals surface area contributed by atoms with Crippen LogP contribution in [-0.4, -0.2) is 5.97 Å². The number of halogens is 2. The highest BCUT2D eigenvalue weighted by Gasteiger charge is 2.03. The van der Waals surface area contributed by atoms with Gasteiger partial charge in [0.25, 0.3) is 0 Å². The fourth-order valence-corrected chi connectivity index (χ4v) is 1.90. The first-order valence-corrected chi connectivity index (χ1v) is 6.72. The summed E-state index contributed by atoms with van der Waals surface area (Å²) in [6.07, 6.45) is 2.98. The minimum absolute atomic E-state index is 0.439. The number of carbonyl (C=O) groups is 1. The van der Waals surface area contributed by atoms with E-state index in [4.69, 9.17) is 27.9 Å². The summed E-state index contributed by atoms with van der Waals surface area (Å²) >= 11 is 11.7. The molecule has 4 heteroatoms. The zero-order chi connectivity index (χ0) is 14.5. The van der Waals surface area contributed by atoms with Crippen LogP contribution in [-0.2, 0) is 4.79 Å². The first-order valence-electron chi connectivity index (χ1n) is 5.97. The third-order valence-electron chi connectivity index (χ3n) is 2.66. The lowest BCUT2D eigenvalue weighted by Gasteiger charge is -2.04. The number of rotatable bonds is 3. The number of para-hydroxylation sites is 1. The lowest BCUT2D eigenvalue weighted by Crippen LogP contribution is -2.04. The molecule has 0 aliphatic rings. The van der Waals surface area contributed by atoms with E-state index in [1.807, 2.05) is 25.1 Å². The molecule has 2 nitrogen and oxygen atoms in total. The molecule has 0 saturated carbocycles. The third kappa shape index (κ3) is 3.86. The van der Waals surface area contributed by atoms with Gasteiger partial charge in [0.2, 0.25) is 0 Å². The highest BCUT2D eigenvalue weighted by Crippen LogP contribution is 2.23. The van der Waals surface area contributed by atoms with Gasteiger partial charge >= 0.3 is 5.97 Å². The molecule has 0 aliphatic heterocycles. The van der Waals surface area contributed by atoms with E-state index >= 15 is 0 Å². The molecule has 2 aromatic rings. The van der Waals surface area contributed by atoms with Gasteiger partial charge in [-0.3, -0.25) is 0 Å². The molecular formula is C16H12Cl2O2. The average Bonchev–Trinajstić information content (AvgIpc) is 2.43. The molecule has 0 saturated heterocycles. The van der Waals surface area contributed by atoms with Gasteiger partial charge in [0.15, 0.2) is 0 Å². The summed E-state index contributed by atoms with van der Waals surface area (Å²) < 4.78 is 5.24. The SMILES string of the molecule is Cc1ccccc1OC(=O)/C=C/c1ccc(Cl)c(Cl)c1. The van der Waals surface area contributed by atoms with Crippen molar-refractivity contribution in [1.29, 1.82) is 0 Å². The Morgan fingerprint density at radius 2 is 1.85 bits per heavy atom. The predicted octanol–water partition coefficient (Wildman–Crippen LogP) is 4.92. The van der Waals surface area contributed by atoms with Gasteiger partial charge in [-0.15, -0.1) is 0 Å². The average molecular weight is 307 g/mol.